The van der Waals surface area contributed by atoms with Crippen molar-refractivity contribution in [2.45, 2.75) is 19.7 Å². The summed E-state index contributed by atoms with van der Waals surface area (Å²) in [5.74, 6) is 1.78. The summed E-state index contributed by atoms with van der Waals surface area (Å²) in [5.41, 5.74) is 2.78. The van der Waals surface area contributed by atoms with Crippen LogP contribution in [-0.2, 0) is 5.88 Å². The lowest BCUT2D eigenvalue weighted by Crippen LogP contribution is -1.93. The minimum absolute atomic E-state index is 0.0593. The molecule has 20 heavy (non-hydrogen) atoms. The van der Waals surface area contributed by atoms with E-state index in [0.717, 1.165) is 22.4 Å². The topological polar surface area (TPSA) is 52.4 Å². The van der Waals surface area contributed by atoms with Gasteiger partial charge in [-0.15, -0.1) is 11.6 Å². The number of hydrogen-bond donors (Lipinski definition) is 0. The second-order valence-corrected chi connectivity index (χ2v) is 4.81. The largest absolute Gasteiger partial charge is 0.457 e. The molecule has 5 heteroatoms. The summed E-state index contributed by atoms with van der Waals surface area (Å²) >= 11 is 5.78. The van der Waals surface area contributed by atoms with Crippen LogP contribution >= 0.6 is 11.6 Å². The van der Waals surface area contributed by atoms with E-state index in [1.54, 1.807) is 13.0 Å². The highest BCUT2D eigenvalue weighted by molar-refractivity contribution is 6.17. The van der Waals surface area contributed by atoms with E-state index in [9.17, 15) is 10.1 Å². The first kappa shape index (κ1) is 14.3. The van der Waals surface area contributed by atoms with Crippen LogP contribution in [-0.4, -0.2) is 4.92 Å². The van der Waals surface area contributed by atoms with Crippen molar-refractivity contribution in [3.63, 3.8) is 0 Å². The summed E-state index contributed by atoms with van der Waals surface area (Å²) in [4.78, 5) is 10.3. The van der Waals surface area contributed by atoms with Gasteiger partial charge in [-0.1, -0.05) is 12.1 Å². The van der Waals surface area contributed by atoms with Crippen LogP contribution in [0.1, 0.15) is 16.7 Å². The number of nitrogens with zero attached hydrogens (tertiary/aromatic N) is 1. The predicted octanol–water partition coefficient (Wildman–Crippen LogP) is 4.74. The number of benzene rings is 2. The Hall–Kier alpha value is -2.07. The van der Waals surface area contributed by atoms with Crippen LogP contribution in [0.25, 0.3) is 0 Å². The normalized spacial score (nSPS) is 10.3. The van der Waals surface area contributed by atoms with E-state index in [4.69, 9.17) is 16.3 Å². The second kappa shape index (κ2) is 5.92. The molecule has 0 radical (unpaired) electrons. The first-order valence-corrected chi connectivity index (χ1v) is 6.63. The molecule has 0 heterocycles. The molecule has 0 spiro atoms. The molecule has 2 aromatic rings. The fourth-order valence-corrected chi connectivity index (χ4v) is 2.06. The minimum atomic E-state index is -0.419. The summed E-state index contributed by atoms with van der Waals surface area (Å²) in [6.45, 7) is 3.72. The zero-order valence-electron chi connectivity index (χ0n) is 11.2. The van der Waals surface area contributed by atoms with Gasteiger partial charge in [0, 0.05) is 18.0 Å². The molecule has 0 N–H and O–H groups in total. The molecule has 0 amide bonds. The summed E-state index contributed by atoms with van der Waals surface area (Å²) in [6.07, 6.45) is 0. The maximum absolute atomic E-state index is 10.7. The van der Waals surface area contributed by atoms with Gasteiger partial charge in [-0.25, -0.2) is 0 Å². The van der Waals surface area contributed by atoms with Crippen LogP contribution < -0.4 is 4.74 Å². The van der Waals surface area contributed by atoms with Gasteiger partial charge < -0.3 is 4.74 Å². The highest BCUT2D eigenvalue weighted by Crippen LogP contribution is 2.30. The molecular formula is C15H14ClNO3. The number of aryl methyl sites for hydroxylation is 2. The van der Waals surface area contributed by atoms with Crippen molar-refractivity contribution in [1.82, 2.24) is 0 Å². The third-order valence-corrected chi connectivity index (χ3v) is 3.29. The molecule has 4 nitrogen and oxygen atoms in total. The number of hydrogen-bond acceptors (Lipinski definition) is 3. The second-order valence-electron chi connectivity index (χ2n) is 4.54. The number of nitro groups is 1. The Kier molecular flexibility index (Phi) is 4.25. The minimum Gasteiger partial charge on any atom is -0.457 e. The molecule has 0 saturated heterocycles. The lowest BCUT2D eigenvalue weighted by Gasteiger charge is -2.11. The Morgan fingerprint density at radius 2 is 1.70 bits per heavy atom. The zero-order valence-corrected chi connectivity index (χ0v) is 12.0. The van der Waals surface area contributed by atoms with Crippen molar-refractivity contribution >= 4 is 17.3 Å². The summed E-state index contributed by atoms with van der Waals surface area (Å²) in [6, 6.07) is 10.3. The van der Waals surface area contributed by atoms with E-state index in [1.165, 1.54) is 12.1 Å². The van der Waals surface area contributed by atoms with E-state index < -0.39 is 4.92 Å². The Labute approximate surface area is 122 Å². The van der Waals surface area contributed by atoms with Crippen molar-refractivity contribution < 1.29 is 9.66 Å². The highest BCUT2D eigenvalue weighted by Gasteiger charge is 2.10. The summed E-state index contributed by atoms with van der Waals surface area (Å²) < 4.78 is 5.81. The predicted molar refractivity (Wildman–Crippen MR) is 78.6 cm³/mol. The molecule has 2 aromatic carbocycles. The van der Waals surface area contributed by atoms with E-state index in [2.05, 4.69) is 0 Å². The van der Waals surface area contributed by atoms with Gasteiger partial charge in [-0.3, -0.25) is 10.1 Å². The van der Waals surface area contributed by atoms with Crippen molar-refractivity contribution in [1.29, 1.82) is 0 Å². The Morgan fingerprint density at radius 3 is 2.20 bits per heavy atom. The molecule has 0 fully saturated rings. The third-order valence-electron chi connectivity index (χ3n) is 2.98. The van der Waals surface area contributed by atoms with Crippen LogP contribution in [0.3, 0.4) is 0 Å². The van der Waals surface area contributed by atoms with Crippen LogP contribution in [0.5, 0.6) is 11.5 Å². The van der Waals surface area contributed by atoms with Crippen molar-refractivity contribution in [3.05, 3.63) is 63.2 Å². The number of halogens is 1. The number of non-ortho nitro benzene ring substituents is 1. The van der Waals surface area contributed by atoms with Gasteiger partial charge in [0.1, 0.15) is 11.5 Å². The molecule has 0 unspecified atom stereocenters. The maximum atomic E-state index is 10.7. The van der Waals surface area contributed by atoms with Gasteiger partial charge in [-0.05, 0) is 42.7 Å². The van der Waals surface area contributed by atoms with Gasteiger partial charge in [0.05, 0.1) is 4.92 Å². The van der Waals surface area contributed by atoms with Crippen LogP contribution in [0.4, 0.5) is 5.69 Å². The van der Waals surface area contributed by atoms with E-state index >= 15 is 0 Å². The van der Waals surface area contributed by atoms with Gasteiger partial charge in [0.25, 0.3) is 5.69 Å². The standard InChI is InChI=1S/C15H14ClNO3/c1-10-7-12(9-16)3-5-14(10)20-15-6-4-13(17(18)19)8-11(15)2/h3-8H,9H2,1-2H3. The fraction of sp³-hybridized carbons (Fsp3) is 0.200. The average molecular weight is 292 g/mol. The number of ether oxygens (including phenoxy) is 1. The molecular weight excluding hydrogens is 278 g/mol. The molecule has 0 saturated carbocycles. The fourth-order valence-electron chi connectivity index (χ4n) is 1.89. The molecule has 0 aromatic heterocycles. The monoisotopic (exact) mass is 291 g/mol. The van der Waals surface area contributed by atoms with Crippen LogP contribution in [0.2, 0.25) is 0 Å². The zero-order chi connectivity index (χ0) is 14.7. The Morgan fingerprint density at radius 1 is 1.10 bits per heavy atom. The van der Waals surface area contributed by atoms with Gasteiger partial charge in [-0.2, -0.15) is 0 Å². The molecule has 2 rings (SSSR count). The Balaban J connectivity index is 2.28. The quantitative estimate of drug-likeness (QED) is 0.464. The SMILES string of the molecule is Cc1cc(CCl)ccc1Oc1ccc([N+](=O)[O-])cc1C. The smallest absolute Gasteiger partial charge is 0.269 e. The summed E-state index contributed by atoms with van der Waals surface area (Å²) in [7, 11) is 0. The first-order valence-electron chi connectivity index (χ1n) is 6.09. The molecule has 0 aliphatic rings. The number of nitro benzene ring substituents is 1. The average Bonchev–Trinajstić information content (AvgIpc) is 2.42. The molecule has 104 valence electrons. The van der Waals surface area contributed by atoms with E-state index in [-0.39, 0.29) is 5.69 Å². The van der Waals surface area contributed by atoms with Gasteiger partial charge in [0.15, 0.2) is 0 Å². The van der Waals surface area contributed by atoms with Crippen molar-refractivity contribution in [3.8, 4) is 11.5 Å². The third kappa shape index (κ3) is 3.08. The number of alkyl halides is 1. The van der Waals surface area contributed by atoms with Gasteiger partial charge in [0.2, 0.25) is 0 Å². The van der Waals surface area contributed by atoms with Crippen LogP contribution in [0, 0.1) is 24.0 Å². The van der Waals surface area contributed by atoms with Crippen molar-refractivity contribution in [2.75, 3.05) is 0 Å². The van der Waals surface area contributed by atoms with E-state index in [0.29, 0.717) is 11.6 Å². The first-order chi connectivity index (χ1) is 9.51. The molecule has 0 aliphatic carbocycles. The maximum Gasteiger partial charge on any atom is 0.269 e. The molecule has 0 bridgehead atoms. The number of rotatable bonds is 4. The van der Waals surface area contributed by atoms with Gasteiger partial charge >= 0.3 is 0 Å². The highest BCUT2D eigenvalue weighted by atomic mass is 35.5. The summed E-state index contributed by atoms with van der Waals surface area (Å²) in [5, 5.41) is 10.7. The van der Waals surface area contributed by atoms with Crippen LogP contribution in [0.15, 0.2) is 36.4 Å². The lowest BCUT2D eigenvalue weighted by molar-refractivity contribution is -0.384. The molecule has 0 atom stereocenters. The Bertz CT molecular complexity index is 656. The van der Waals surface area contributed by atoms with E-state index in [1.807, 2.05) is 25.1 Å². The molecule has 0 aliphatic heterocycles. The lowest BCUT2D eigenvalue weighted by atomic mass is 10.1. The van der Waals surface area contributed by atoms with Crippen molar-refractivity contribution in [2.24, 2.45) is 0 Å².